The molecule has 4 aromatic rings. The first-order chi connectivity index (χ1) is 19.9. The van der Waals surface area contributed by atoms with Crippen molar-refractivity contribution in [1.29, 1.82) is 0 Å². The average molecular weight is 618 g/mol. The number of pyridine rings is 1. The minimum atomic E-state index is -0.498. The summed E-state index contributed by atoms with van der Waals surface area (Å²) in [5, 5.41) is 15.4. The molecule has 5 heterocycles. The monoisotopic (exact) mass is 616 g/mol. The van der Waals surface area contributed by atoms with E-state index in [0.29, 0.717) is 68.1 Å². The normalized spacial score (nSPS) is 22.5. The Balaban J connectivity index is 1.39. The summed E-state index contributed by atoms with van der Waals surface area (Å²) in [6.07, 6.45) is 12.0. The Kier molecular flexibility index (Phi) is 6.69. The number of rotatable bonds is 5. The van der Waals surface area contributed by atoms with Crippen LogP contribution in [0.2, 0.25) is 0 Å². The Morgan fingerprint density at radius 2 is 1.95 bits per heavy atom. The maximum atomic E-state index is 14.8. The largest absolute Gasteiger partial charge is 0.508 e. The fourth-order valence-corrected chi connectivity index (χ4v) is 7.18. The van der Waals surface area contributed by atoms with Gasteiger partial charge in [-0.2, -0.15) is 9.97 Å². The summed E-state index contributed by atoms with van der Waals surface area (Å²) in [5.41, 5.74) is 2.56. The van der Waals surface area contributed by atoms with E-state index < -0.39 is 5.82 Å². The van der Waals surface area contributed by atoms with Crippen LogP contribution in [-0.2, 0) is 0 Å². The van der Waals surface area contributed by atoms with E-state index in [-0.39, 0.29) is 11.3 Å². The fraction of sp³-hybridized carbons (Fsp3) is 0.387. The van der Waals surface area contributed by atoms with E-state index in [1.807, 2.05) is 0 Å². The Bertz CT molecular complexity index is 1710. The van der Waals surface area contributed by atoms with E-state index in [2.05, 4.69) is 44.0 Å². The third-order valence-electron chi connectivity index (χ3n) is 8.69. The van der Waals surface area contributed by atoms with Gasteiger partial charge in [0.2, 0.25) is 0 Å². The SMILES string of the molecule is C#Cc1c(F)ccc2cc(O)cc(-c3cnc4c(N5CC6CCC(C5)N6)nc(OCC5CCCN5C)nc4c3Br)c12. The van der Waals surface area contributed by atoms with Gasteiger partial charge in [-0.15, -0.1) is 6.42 Å². The highest BCUT2D eigenvalue weighted by atomic mass is 79.9. The zero-order valence-electron chi connectivity index (χ0n) is 22.7. The van der Waals surface area contributed by atoms with Crippen LogP contribution in [-0.4, -0.2) is 76.4 Å². The standard InChI is InChI=1S/C31H30BrFN6O2/c1-3-22-25(33)9-6-17-11-21(40)12-23(26(17)22)24-13-34-29-28(27(24)32)36-31(41-16-20-5-4-10-38(20)2)37-30(29)39-14-18-7-8-19(15-39)35-18/h1,6,9,11-13,18-20,35,40H,4-5,7-8,10,14-16H2,2H3. The number of ether oxygens (including phenoxy) is 1. The van der Waals surface area contributed by atoms with Crippen molar-refractivity contribution >= 4 is 43.6 Å². The lowest BCUT2D eigenvalue weighted by Crippen LogP contribution is -2.51. The highest BCUT2D eigenvalue weighted by Gasteiger charge is 2.34. The van der Waals surface area contributed by atoms with Crippen molar-refractivity contribution in [2.75, 3.05) is 38.2 Å². The number of likely N-dealkylation sites (N-methyl/N-ethyl adjacent to an activating group) is 1. The first kappa shape index (κ1) is 26.4. The second kappa shape index (κ2) is 10.4. The van der Waals surface area contributed by atoms with Crippen LogP contribution < -0.4 is 15.0 Å². The molecule has 3 fully saturated rings. The third kappa shape index (κ3) is 4.66. The number of hydrogen-bond donors (Lipinski definition) is 2. The lowest BCUT2D eigenvalue weighted by atomic mass is 9.94. The van der Waals surface area contributed by atoms with Gasteiger partial charge < -0.3 is 25.0 Å². The number of terminal acetylenes is 1. The van der Waals surface area contributed by atoms with Crippen molar-refractivity contribution in [1.82, 2.24) is 25.2 Å². The molecule has 0 radical (unpaired) electrons. The number of nitrogens with zero attached hydrogens (tertiary/aromatic N) is 5. The van der Waals surface area contributed by atoms with Gasteiger partial charge in [-0.25, -0.2) is 9.37 Å². The molecule has 0 spiro atoms. The van der Waals surface area contributed by atoms with Crippen molar-refractivity contribution < 1.29 is 14.2 Å². The van der Waals surface area contributed by atoms with E-state index in [9.17, 15) is 9.50 Å². The van der Waals surface area contributed by atoms with Crippen LogP contribution in [0.25, 0.3) is 32.9 Å². The van der Waals surface area contributed by atoms with Crippen LogP contribution in [0.15, 0.2) is 34.9 Å². The number of likely N-dealkylation sites (tertiary alicyclic amines) is 1. The maximum absolute atomic E-state index is 14.8. The van der Waals surface area contributed by atoms with Gasteiger partial charge in [-0.3, -0.25) is 0 Å². The maximum Gasteiger partial charge on any atom is 0.319 e. The summed E-state index contributed by atoms with van der Waals surface area (Å²) in [6, 6.07) is 7.53. The topological polar surface area (TPSA) is 86.6 Å². The fourth-order valence-electron chi connectivity index (χ4n) is 6.59. The number of aromatic nitrogens is 3. The molecule has 2 aromatic heterocycles. The van der Waals surface area contributed by atoms with Gasteiger partial charge in [0, 0.05) is 48.4 Å². The molecule has 3 unspecified atom stereocenters. The first-order valence-electron chi connectivity index (χ1n) is 14.0. The molecule has 10 heteroatoms. The van der Waals surface area contributed by atoms with E-state index in [1.54, 1.807) is 24.4 Å². The van der Waals surface area contributed by atoms with Crippen molar-refractivity contribution in [3.05, 3.63) is 46.3 Å². The molecule has 2 N–H and O–H groups in total. The van der Waals surface area contributed by atoms with Gasteiger partial charge in [0.25, 0.3) is 0 Å². The Morgan fingerprint density at radius 1 is 1.15 bits per heavy atom. The highest BCUT2D eigenvalue weighted by Crippen LogP contribution is 2.42. The van der Waals surface area contributed by atoms with Gasteiger partial charge >= 0.3 is 6.01 Å². The summed E-state index contributed by atoms with van der Waals surface area (Å²) >= 11 is 3.80. The highest BCUT2D eigenvalue weighted by molar-refractivity contribution is 9.10. The second-order valence-corrected chi connectivity index (χ2v) is 12.1. The third-order valence-corrected chi connectivity index (χ3v) is 9.49. The number of fused-ring (bicyclic) bond motifs is 4. The number of halogens is 2. The van der Waals surface area contributed by atoms with Crippen molar-refractivity contribution in [3.63, 3.8) is 0 Å². The molecule has 0 saturated carbocycles. The van der Waals surface area contributed by atoms with Crippen LogP contribution in [0.5, 0.6) is 11.8 Å². The van der Waals surface area contributed by atoms with Crippen LogP contribution in [0.3, 0.4) is 0 Å². The number of phenols is 1. The predicted molar refractivity (Wildman–Crippen MR) is 161 cm³/mol. The van der Waals surface area contributed by atoms with Crippen LogP contribution in [0.1, 0.15) is 31.2 Å². The zero-order chi connectivity index (χ0) is 28.2. The summed E-state index contributed by atoms with van der Waals surface area (Å²) < 4.78 is 21.7. The average Bonchev–Trinajstić information content (AvgIpc) is 3.54. The van der Waals surface area contributed by atoms with E-state index >= 15 is 0 Å². The molecule has 3 aliphatic rings. The molecule has 7 rings (SSSR count). The molecule has 0 amide bonds. The summed E-state index contributed by atoms with van der Waals surface area (Å²) in [4.78, 5) is 19.2. The molecule has 41 heavy (non-hydrogen) atoms. The van der Waals surface area contributed by atoms with Gasteiger partial charge in [-0.05, 0) is 84.4 Å². The van der Waals surface area contributed by atoms with E-state index in [4.69, 9.17) is 26.1 Å². The summed E-state index contributed by atoms with van der Waals surface area (Å²) in [7, 11) is 2.11. The minimum Gasteiger partial charge on any atom is -0.508 e. The van der Waals surface area contributed by atoms with Crippen molar-refractivity contribution in [2.24, 2.45) is 0 Å². The number of hydrogen-bond acceptors (Lipinski definition) is 8. The summed E-state index contributed by atoms with van der Waals surface area (Å²) in [5.74, 6) is 2.78. The number of phenolic OH excluding ortho intramolecular Hbond substituents is 1. The molecule has 2 bridgehead atoms. The number of aromatic hydroxyl groups is 1. The number of benzene rings is 2. The molecule has 2 aromatic carbocycles. The zero-order valence-corrected chi connectivity index (χ0v) is 24.3. The van der Waals surface area contributed by atoms with Crippen LogP contribution in [0.4, 0.5) is 10.2 Å². The van der Waals surface area contributed by atoms with Gasteiger partial charge in [-0.1, -0.05) is 12.0 Å². The van der Waals surface area contributed by atoms with Crippen molar-refractivity contribution in [2.45, 2.75) is 43.8 Å². The molecule has 3 atom stereocenters. The summed E-state index contributed by atoms with van der Waals surface area (Å²) in [6.45, 7) is 3.21. The van der Waals surface area contributed by atoms with Gasteiger partial charge in [0.05, 0.1) is 10.0 Å². The molecule has 8 nitrogen and oxygen atoms in total. The molecule has 3 aliphatic heterocycles. The Hall–Kier alpha value is -3.52. The molecule has 210 valence electrons. The predicted octanol–water partition coefficient (Wildman–Crippen LogP) is 4.85. The molecule has 0 aliphatic carbocycles. The smallest absolute Gasteiger partial charge is 0.319 e. The van der Waals surface area contributed by atoms with Crippen LogP contribution in [0, 0.1) is 18.2 Å². The Morgan fingerprint density at radius 3 is 2.68 bits per heavy atom. The van der Waals surface area contributed by atoms with Crippen molar-refractivity contribution in [3.8, 4) is 35.2 Å². The lowest BCUT2D eigenvalue weighted by Gasteiger charge is -2.34. The molecular formula is C31H30BrFN6O2. The first-order valence-corrected chi connectivity index (χ1v) is 14.8. The molecular weight excluding hydrogens is 587 g/mol. The van der Waals surface area contributed by atoms with E-state index in [1.165, 1.54) is 6.07 Å². The Labute approximate surface area is 246 Å². The quantitative estimate of drug-likeness (QED) is 0.308. The van der Waals surface area contributed by atoms with E-state index in [0.717, 1.165) is 51.1 Å². The number of anilines is 1. The van der Waals surface area contributed by atoms with Crippen LogP contribution >= 0.6 is 15.9 Å². The lowest BCUT2D eigenvalue weighted by molar-refractivity contribution is 0.188. The molecule has 3 saturated heterocycles. The van der Waals surface area contributed by atoms with Gasteiger partial charge in [0.1, 0.15) is 29.2 Å². The number of nitrogens with one attached hydrogen (secondary N) is 1. The second-order valence-electron chi connectivity index (χ2n) is 11.3. The van der Waals surface area contributed by atoms with Gasteiger partial charge in [0.15, 0.2) is 5.82 Å². The number of piperazine rings is 1. The minimum absolute atomic E-state index is 0.0402.